The third-order valence-electron chi connectivity index (χ3n) is 8.29. The molecule has 1 aromatic carbocycles. The number of benzene rings is 1. The lowest BCUT2D eigenvalue weighted by atomic mass is 10.0. The summed E-state index contributed by atoms with van der Waals surface area (Å²) < 4.78 is 15.6. The van der Waals surface area contributed by atoms with Crippen LogP contribution in [0.2, 0.25) is 0 Å². The third kappa shape index (κ3) is 11.2. The summed E-state index contributed by atoms with van der Waals surface area (Å²) in [5.41, 5.74) is 5.88. The molecule has 2 saturated heterocycles. The number of nitrogens with two attached hydrogens (primary N) is 1. The molecule has 0 unspecified atom stereocenters. The smallest absolute Gasteiger partial charge is 0.481 e. The first-order chi connectivity index (χ1) is 23.4. The zero-order valence-electron chi connectivity index (χ0n) is 27.5. The lowest BCUT2D eigenvalue weighted by Crippen LogP contribution is -2.61. The van der Waals surface area contributed by atoms with Crippen LogP contribution in [0.3, 0.4) is 0 Å². The van der Waals surface area contributed by atoms with E-state index in [9.17, 15) is 48.3 Å². The molecule has 0 radical (unpaired) electrons. The number of primary amides is 1. The van der Waals surface area contributed by atoms with Gasteiger partial charge in [-0.15, -0.1) is 0 Å². The maximum absolute atomic E-state index is 13.8. The number of hydrogen-bond donors (Lipinski definition) is 8. The van der Waals surface area contributed by atoms with Crippen LogP contribution in [0.25, 0.3) is 0 Å². The lowest BCUT2D eigenvalue weighted by molar-refractivity contribution is -0.146. The van der Waals surface area contributed by atoms with Crippen LogP contribution in [0.1, 0.15) is 57.9 Å². The fourth-order valence-corrected chi connectivity index (χ4v) is 6.35. The molecule has 2 aliphatic rings. The standard InChI is InChI=1S/C30H43N6O13P/c1-16(37)25(34-27(42)21(32-17(2)38)15-18-7-9-19(10-8-18)49-50(46,47)48)30(45)36-14-4-6-23(36)28(43)33-20(11-12-24(39)40)29(44)35-13-3-5-22(35)26(31)41/h7-10,16,20-23,25,37H,3-6,11-15H2,1-2H3,(H2,31,41)(H,32,38)(H,33,43)(H,34,42)(H,39,40)(H2,46,47,48)/t16-,20+,21+,22+,23+,25+/m1/s1. The molecule has 0 aliphatic carbocycles. The number of likely N-dealkylation sites (tertiary alicyclic amines) is 2. The molecular formula is C30H43N6O13P. The van der Waals surface area contributed by atoms with Crippen LogP contribution >= 0.6 is 7.82 Å². The topological polar surface area (TPSA) is 295 Å². The van der Waals surface area contributed by atoms with Crippen molar-refractivity contribution in [2.45, 2.75) is 95.1 Å². The summed E-state index contributed by atoms with van der Waals surface area (Å²) in [6, 6.07) is -0.911. The molecule has 2 aliphatic heterocycles. The molecule has 0 saturated carbocycles. The van der Waals surface area contributed by atoms with Crippen LogP contribution < -0.4 is 26.2 Å². The molecule has 0 bridgehead atoms. The normalized spacial score (nSPS) is 19.9. The van der Waals surface area contributed by atoms with Crippen LogP contribution in [-0.2, 0) is 44.5 Å². The molecule has 20 heteroatoms. The highest BCUT2D eigenvalue weighted by Crippen LogP contribution is 2.37. The van der Waals surface area contributed by atoms with Crippen molar-refractivity contribution in [3.05, 3.63) is 29.8 Å². The molecule has 0 spiro atoms. The molecule has 0 aromatic heterocycles. The van der Waals surface area contributed by atoms with Crippen molar-refractivity contribution in [2.75, 3.05) is 13.1 Å². The first kappa shape index (κ1) is 39.9. The van der Waals surface area contributed by atoms with Gasteiger partial charge >= 0.3 is 13.8 Å². The number of carbonyl (C=O) groups excluding carboxylic acids is 6. The summed E-state index contributed by atoms with van der Waals surface area (Å²) in [5.74, 6) is -5.82. The summed E-state index contributed by atoms with van der Waals surface area (Å²) in [5, 5.41) is 27.2. The Balaban J connectivity index is 1.75. The highest BCUT2D eigenvalue weighted by atomic mass is 31.2. The van der Waals surface area contributed by atoms with Gasteiger partial charge in [-0.05, 0) is 56.7 Å². The number of nitrogens with one attached hydrogen (secondary N) is 3. The first-order valence-corrected chi connectivity index (χ1v) is 17.4. The summed E-state index contributed by atoms with van der Waals surface area (Å²) >= 11 is 0. The minimum Gasteiger partial charge on any atom is -0.481 e. The lowest BCUT2D eigenvalue weighted by Gasteiger charge is -2.32. The van der Waals surface area contributed by atoms with Gasteiger partial charge < -0.3 is 46.2 Å². The van der Waals surface area contributed by atoms with E-state index >= 15 is 0 Å². The number of amides is 6. The Morgan fingerprint density at radius 1 is 0.920 bits per heavy atom. The van der Waals surface area contributed by atoms with E-state index in [0.717, 1.165) is 11.8 Å². The van der Waals surface area contributed by atoms with Crippen molar-refractivity contribution in [3.63, 3.8) is 0 Å². The molecule has 9 N–H and O–H groups in total. The molecule has 50 heavy (non-hydrogen) atoms. The van der Waals surface area contributed by atoms with E-state index in [1.165, 1.54) is 36.1 Å². The second-order valence-corrected chi connectivity index (χ2v) is 13.3. The van der Waals surface area contributed by atoms with E-state index in [2.05, 4.69) is 20.5 Å². The molecule has 1 aromatic rings. The third-order valence-corrected chi connectivity index (χ3v) is 8.74. The number of phosphoric ester groups is 1. The van der Waals surface area contributed by atoms with Gasteiger partial charge in [0.1, 0.15) is 36.0 Å². The fraction of sp³-hybridized carbons (Fsp3) is 0.567. The maximum atomic E-state index is 13.8. The summed E-state index contributed by atoms with van der Waals surface area (Å²) in [4.78, 5) is 110. The second kappa shape index (κ2) is 17.4. The highest BCUT2D eigenvalue weighted by Gasteiger charge is 2.42. The Morgan fingerprint density at radius 3 is 2.02 bits per heavy atom. The molecule has 3 rings (SSSR count). The zero-order valence-corrected chi connectivity index (χ0v) is 28.4. The SMILES string of the molecule is CC(=O)N[C@@H](Cc1ccc(OP(=O)(O)O)cc1)C(=O)N[C@H](C(=O)N1CCC[C@H]1C(=O)N[C@@H](CCC(=O)O)C(=O)N1CCC[C@H]1C(N)=O)[C@@H](C)O. The first-order valence-electron chi connectivity index (χ1n) is 15.9. The minimum atomic E-state index is -4.81. The number of rotatable bonds is 16. The van der Waals surface area contributed by atoms with Crippen molar-refractivity contribution in [1.82, 2.24) is 25.8 Å². The Labute approximate surface area is 287 Å². The van der Waals surface area contributed by atoms with Gasteiger partial charge in [-0.2, -0.15) is 0 Å². The molecule has 2 fully saturated rings. The quantitative estimate of drug-likeness (QED) is 0.0848. The van der Waals surface area contributed by atoms with Gasteiger partial charge in [0.15, 0.2) is 0 Å². The number of carbonyl (C=O) groups is 7. The molecule has 276 valence electrons. The van der Waals surface area contributed by atoms with Gasteiger partial charge in [0.05, 0.1) is 6.10 Å². The monoisotopic (exact) mass is 726 g/mol. The Kier molecular flexibility index (Phi) is 13.9. The highest BCUT2D eigenvalue weighted by molar-refractivity contribution is 7.46. The molecule has 6 atom stereocenters. The number of nitrogens with zero attached hydrogens (tertiary/aromatic N) is 2. The van der Waals surface area contributed by atoms with Crippen LogP contribution in [0.4, 0.5) is 0 Å². The number of carboxylic acid groups (broad SMARTS) is 1. The maximum Gasteiger partial charge on any atom is 0.524 e. The van der Waals surface area contributed by atoms with Crippen molar-refractivity contribution in [3.8, 4) is 5.75 Å². The van der Waals surface area contributed by atoms with Crippen LogP contribution in [-0.4, -0.2) is 121 Å². The van der Waals surface area contributed by atoms with Gasteiger partial charge in [0, 0.05) is 32.9 Å². The van der Waals surface area contributed by atoms with Crippen LogP contribution in [0.15, 0.2) is 24.3 Å². The van der Waals surface area contributed by atoms with Crippen LogP contribution in [0.5, 0.6) is 5.75 Å². The molecule has 2 heterocycles. The molecule has 6 amide bonds. The largest absolute Gasteiger partial charge is 0.524 e. The van der Waals surface area contributed by atoms with Gasteiger partial charge in [0.2, 0.25) is 35.4 Å². The number of phosphoric acid groups is 1. The van der Waals surface area contributed by atoms with E-state index in [1.54, 1.807) is 0 Å². The Bertz CT molecular complexity index is 1500. The molecule has 19 nitrogen and oxygen atoms in total. The van der Waals surface area contributed by atoms with Crippen molar-refractivity contribution in [2.24, 2.45) is 5.73 Å². The second-order valence-electron chi connectivity index (χ2n) is 12.2. The molecular weight excluding hydrogens is 683 g/mol. The number of aliphatic hydroxyl groups excluding tert-OH is 1. The van der Waals surface area contributed by atoms with Crippen molar-refractivity contribution < 1.29 is 62.7 Å². The predicted molar refractivity (Wildman–Crippen MR) is 171 cm³/mol. The van der Waals surface area contributed by atoms with Gasteiger partial charge in [-0.25, -0.2) is 4.57 Å². The van der Waals surface area contributed by atoms with Crippen molar-refractivity contribution in [1.29, 1.82) is 0 Å². The predicted octanol–water partition coefficient (Wildman–Crippen LogP) is -2.11. The van der Waals surface area contributed by atoms with Gasteiger partial charge in [0.25, 0.3) is 0 Å². The number of hydrogen-bond acceptors (Lipinski definition) is 10. The number of aliphatic carboxylic acids is 1. The minimum absolute atomic E-state index is 0.0534. The Hall–Kier alpha value is -4.58. The summed E-state index contributed by atoms with van der Waals surface area (Å²) in [7, 11) is -4.81. The fourth-order valence-electron chi connectivity index (χ4n) is 5.96. The zero-order chi connectivity index (χ0) is 37.3. The van der Waals surface area contributed by atoms with E-state index in [1.807, 2.05) is 0 Å². The van der Waals surface area contributed by atoms with Gasteiger partial charge in [-0.1, -0.05) is 12.1 Å². The Morgan fingerprint density at radius 2 is 1.50 bits per heavy atom. The average Bonchev–Trinajstić information content (AvgIpc) is 3.71. The number of carboxylic acids is 1. The summed E-state index contributed by atoms with van der Waals surface area (Å²) in [6.45, 7) is 2.64. The van der Waals surface area contributed by atoms with E-state index in [4.69, 9.17) is 15.5 Å². The summed E-state index contributed by atoms with van der Waals surface area (Å²) in [6.07, 6.45) is -1.05. The van der Waals surface area contributed by atoms with E-state index in [-0.39, 0.29) is 38.1 Å². The van der Waals surface area contributed by atoms with Crippen molar-refractivity contribution >= 4 is 49.2 Å². The van der Waals surface area contributed by atoms with E-state index in [0.29, 0.717) is 24.8 Å². The van der Waals surface area contributed by atoms with Crippen LogP contribution in [0, 0.1) is 0 Å². The van der Waals surface area contributed by atoms with Gasteiger partial charge in [-0.3, -0.25) is 43.3 Å². The van der Waals surface area contributed by atoms with E-state index < -0.39 is 92.0 Å². The number of aliphatic hydroxyl groups is 1. The average molecular weight is 727 g/mol.